The minimum atomic E-state index is 0.0146. The number of methoxy groups -OCH3 is 1. The van der Waals surface area contributed by atoms with Crippen LogP contribution in [0.1, 0.15) is 30.5 Å². The van der Waals surface area contributed by atoms with Crippen LogP contribution < -0.4 is 10.2 Å². The van der Waals surface area contributed by atoms with Gasteiger partial charge in [-0.2, -0.15) is 0 Å². The Morgan fingerprint density at radius 1 is 1.27 bits per heavy atom. The molecule has 2 heterocycles. The molecule has 1 saturated heterocycles. The fourth-order valence-corrected chi connectivity index (χ4v) is 3.43. The largest absolute Gasteiger partial charge is 0.495 e. The first-order valence-corrected chi connectivity index (χ1v) is 8.10. The molecule has 0 unspecified atom stereocenters. The summed E-state index contributed by atoms with van der Waals surface area (Å²) in [5.41, 5.74) is 2.40. The number of aromatic amines is 1. The van der Waals surface area contributed by atoms with Gasteiger partial charge in [0.05, 0.1) is 23.0 Å². The first kappa shape index (κ1) is 15.4. The second kappa shape index (κ2) is 6.31. The van der Waals surface area contributed by atoms with Crippen molar-refractivity contribution in [1.82, 2.24) is 9.88 Å². The summed E-state index contributed by atoms with van der Waals surface area (Å²) in [5, 5.41) is 0.996. The van der Waals surface area contributed by atoms with Crippen molar-refractivity contribution in [2.24, 2.45) is 0 Å². The molecule has 22 heavy (non-hydrogen) atoms. The van der Waals surface area contributed by atoms with E-state index in [0.29, 0.717) is 28.2 Å². The second-order valence-corrected chi connectivity index (χ2v) is 6.30. The second-order valence-electron chi connectivity index (χ2n) is 5.89. The minimum absolute atomic E-state index is 0.0146. The summed E-state index contributed by atoms with van der Waals surface area (Å²) in [6.07, 6.45) is 3.70. The summed E-state index contributed by atoms with van der Waals surface area (Å²) < 4.78 is 5.34. The van der Waals surface area contributed by atoms with Gasteiger partial charge in [-0.25, -0.2) is 0 Å². The van der Waals surface area contributed by atoms with Crippen LogP contribution in [0.5, 0.6) is 5.75 Å². The van der Waals surface area contributed by atoms with Gasteiger partial charge in [-0.3, -0.25) is 9.69 Å². The maximum atomic E-state index is 12.9. The van der Waals surface area contributed by atoms with Crippen LogP contribution in [0.25, 0.3) is 10.9 Å². The molecule has 0 saturated carbocycles. The Kier molecular flexibility index (Phi) is 4.41. The molecule has 0 radical (unpaired) electrons. The molecule has 5 heteroatoms. The van der Waals surface area contributed by atoms with Crippen molar-refractivity contribution in [3.8, 4) is 5.75 Å². The Bertz CT molecular complexity index is 748. The highest BCUT2D eigenvalue weighted by molar-refractivity contribution is 6.35. The number of hydrogen-bond acceptors (Lipinski definition) is 3. The average Bonchev–Trinajstić information content (AvgIpc) is 2.52. The predicted octanol–water partition coefficient (Wildman–Crippen LogP) is 3.48. The fraction of sp³-hybridized carbons (Fsp3) is 0.471. The molecule has 1 aliphatic rings. The third kappa shape index (κ3) is 2.73. The number of H-pyrrole nitrogens is 1. The van der Waals surface area contributed by atoms with Gasteiger partial charge in [-0.1, -0.05) is 18.0 Å². The number of pyridine rings is 1. The Labute approximate surface area is 135 Å². The number of piperidine rings is 1. The predicted molar refractivity (Wildman–Crippen MR) is 90.0 cm³/mol. The molecule has 1 aromatic carbocycles. The summed E-state index contributed by atoms with van der Waals surface area (Å²) in [6.45, 7) is 4.75. The molecule has 1 N–H and O–H groups in total. The number of nitrogens with zero attached hydrogens (tertiary/aromatic N) is 1. The van der Waals surface area contributed by atoms with E-state index in [-0.39, 0.29) is 5.43 Å². The highest BCUT2D eigenvalue weighted by Gasteiger charge is 2.18. The highest BCUT2D eigenvalue weighted by atomic mass is 35.5. The van der Waals surface area contributed by atoms with Gasteiger partial charge in [-0.05, 0) is 45.0 Å². The summed E-state index contributed by atoms with van der Waals surface area (Å²) >= 11 is 6.27. The molecule has 4 nitrogen and oxygen atoms in total. The number of nitrogens with one attached hydrogen (secondary N) is 1. The molecule has 0 bridgehead atoms. The van der Waals surface area contributed by atoms with E-state index in [2.05, 4.69) is 9.88 Å². The maximum Gasteiger partial charge on any atom is 0.195 e. The minimum Gasteiger partial charge on any atom is -0.495 e. The summed E-state index contributed by atoms with van der Waals surface area (Å²) in [4.78, 5) is 18.6. The zero-order valence-corrected chi connectivity index (χ0v) is 13.8. The average molecular weight is 321 g/mol. The Morgan fingerprint density at radius 3 is 2.68 bits per heavy atom. The smallest absolute Gasteiger partial charge is 0.195 e. The molecule has 1 aliphatic heterocycles. The molecule has 3 rings (SSSR count). The van der Waals surface area contributed by atoms with Gasteiger partial charge in [0.15, 0.2) is 5.43 Å². The monoisotopic (exact) mass is 320 g/mol. The summed E-state index contributed by atoms with van der Waals surface area (Å²) in [5.74, 6) is 0.643. The van der Waals surface area contributed by atoms with Crippen molar-refractivity contribution in [2.45, 2.75) is 32.7 Å². The van der Waals surface area contributed by atoms with E-state index in [4.69, 9.17) is 16.3 Å². The van der Waals surface area contributed by atoms with Crippen molar-refractivity contribution in [1.29, 1.82) is 0 Å². The molecule has 0 spiro atoms. The number of hydrogen-bond donors (Lipinski definition) is 1. The molecule has 1 aromatic heterocycles. The normalized spacial score (nSPS) is 16.1. The Morgan fingerprint density at radius 2 is 2.00 bits per heavy atom. The van der Waals surface area contributed by atoms with Crippen LogP contribution in [0.15, 0.2) is 16.9 Å². The van der Waals surface area contributed by atoms with Crippen LogP contribution in [-0.2, 0) is 6.54 Å². The number of rotatable bonds is 3. The third-order valence-electron chi connectivity index (χ3n) is 4.43. The summed E-state index contributed by atoms with van der Waals surface area (Å²) in [6, 6.07) is 3.50. The molecule has 2 aromatic rings. The van der Waals surface area contributed by atoms with Crippen LogP contribution in [0.4, 0.5) is 0 Å². The molecule has 118 valence electrons. The van der Waals surface area contributed by atoms with E-state index < -0.39 is 0 Å². The van der Waals surface area contributed by atoms with Gasteiger partial charge >= 0.3 is 0 Å². The van der Waals surface area contributed by atoms with Gasteiger partial charge < -0.3 is 9.72 Å². The van der Waals surface area contributed by atoms with Crippen molar-refractivity contribution >= 4 is 22.5 Å². The van der Waals surface area contributed by atoms with Crippen LogP contribution in [-0.4, -0.2) is 30.1 Å². The van der Waals surface area contributed by atoms with E-state index in [1.54, 1.807) is 19.2 Å². The van der Waals surface area contributed by atoms with E-state index in [0.717, 1.165) is 24.3 Å². The van der Waals surface area contributed by atoms with Crippen LogP contribution >= 0.6 is 11.6 Å². The SMILES string of the molecule is COc1ccc(Cl)c2c(=O)c(CN3CCCCC3)c(C)[nH]c12. The van der Waals surface area contributed by atoms with Crippen LogP contribution in [0, 0.1) is 6.92 Å². The molecule has 0 amide bonds. The standard InChI is InChI=1S/C17H21ClN2O2/c1-11-12(10-20-8-4-3-5-9-20)17(21)15-13(18)6-7-14(22-2)16(15)19-11/h6-7H,3-5,8-10H2,1-2H3,(H,19,21). The van der Waals surface area contributed by atoms with E-state index in [1.807, 2.05) is 6.92 Å². The lowest BCUT2D eigenvalue weighted by Gasteiger charge is -2.26. The Balaban J connectivity index is 2.11. The van der Waals surface area contributed by atoms with Crippen molar-refractivity contribution in [2.75, 3.05) is 20.2 Å². The first-order valence-electron chi connectivity index (χ1n) is 7.72. The van der Waals surface area contributed by atoms with Crippen LogP contribution in [0.3, 0.4) is 0 Å². The van der Waals surface area contributed by atoms with Gasteiger partial charge in [0.1, 0.15) is 5.75 Å². The van der Waals surface area contributed by atoms with E-state index >= 15 is 0 Å². The number of aryl methyl sites for hydroxylation is 1. The number of aromatic nitrogens is 1. The number of benzene rings is 1. The molecular formula is C17H21ClN2O2. The van der Waals surface area contributed by atoms with E-state index in [1.165, 1.54) is 19.3 Å². The fourth-order valence-electron chi connectivity index (χ4n) is 3.19. The molecule has 0 atom stereocenters. The number of likely N-dealkylation sites (tertiary alicyclic amines) is 1. The highest BCUT2D eigenvalue weighted by Crippen LogP contribution is 2.29. The number of ether oxygens (including phenoxy) is 1. The molecule has 0 aliphatic carbocycles. The van der Waals surface area contributed by atoms with Gasteiger partial charge in [0, 0.05) is 17.8 Å². The van der Waals surface area contributed by atoms with E-state index in [9.17, 15) is 4.79 Å². The summed E-state index contributed by atoms with van der Waals surface area (Å²) in [7, 11) is 1.60. The van der Waals surface area contributed by atoms with Gasteiger partial charge in [0.2, 0.25) is 0 Å². The zero-order valence-electron chi connectivity index (χ0n) is 13.0. The van der Waals surface area contributed by atoms with Crippen LogP contribution in [0.2, 0.25) is 5.02 Å². The lowest BCUT2D eigenvalue weighted by Crippen LogP contribution is -2.32. The number of halogens is 1. The van der Waals surface area contributed by atoms with Crippen molar-refractivity contribution < 1.29 is 4.74 Å². The van der Waals surface area contributed by atoms with Crippen molar-refractivity contribution in [3.63, 3.8) is 0 Å². The number of fused-ring (bicyclic) bond motifs is 1. The third-order valence-corrected chi connectivity index (χ3v) is 4.75. The molecule has 1 fully saturated rings. The quantitative estimate of drug-likeness (QED) is 0.941. The maximum absolute atomic E-state index is 12.9. The van der Waals surface area contributed by atoms with Crippen molar-refractivity contribution in [3.05, 3.63) is 38.6 Å². The van der Waals surface area contributed by atoms with Gasteiger partial charge in [0.25, 0.3) is 0 Å². The van der Waals surface area contributed by atoms with Gasteiger partial charge in [-0.15, -0.1) is 0 Å². The lowest BCUT2D eigenvalue weighted by molar-refractivity contribution is 0.220. The Hall–Kier alpha value is -1.52. The first-order chi connectivity index (χ1) is 10.6. The molecular weight excluding hydrogens is 300 g/mol. The topological polar surface area (TPSA) is 45.3 Å². The lowest BCUT2D eigenvalue weighted by atomic mass is 10.1. The zero-order chi connectivity index (χ0) is 15.7.